The molecule has 0 aliphatic rings. The minimum atomic E-state index is -3.21. The third-order valence-electron chi connectivity index (χ3n) is 2.07. The number of nitrogens with one attached hydrogen (secondary N) is 1. The summed E-state index contributed by atoms with van der Waals surface area (Å²) < 4.78 is 24.1. The molecule has 0 atom stereocenters. The highest BCUT2D eigenvalue weighted by Gasteiger charge is 2.13. The van der Waals surface area contributed by atoms with Crippen LogP contribution in [0.2, 0.25) is 5.02 Å². The summed E-state index contributed by atoms with van der Waals surface area (Å²) in [6.07, 6.45) is 1.45. The number of rotatable bonds is 5. The first-order valence-electron chi connectivity index (χ1n) is 4.88. The number of hydrogen-bond acceptors (Lipinski definition) is 5. The number of pyridine rings is 1. The van der Waals surface area contributed by atoms with Crippen LogP contribution >= 0.6 is 11.6 Å². The first-order valence-corrected chi connectivity index (χ1v) is 6.87. The van der Waals surface area contributed by atoms with Crippen LogP contribution in [0.1, 0.15) is 0 Å². The van der Waals surface area contributed by atoms with Gasteiger partial charge in [0.1, 0.15) is 5.82 Å². The minimum Gasteiger partial charge on any atom is -0.397 e. The summed E-state index contributed by atoms with van der Waals surface area (Å²) in [6, 6.07) is 1.55. The lowest BCUT2D eigenvalue weighted by Crippen LogP contribution is -2.28. The lowest BCUT2D eigenvalue weighted by molar-refractivity contribution is 0.521. The van der Waals surface area contributed by atoms with Gasteiger partial charge in [-0.2, -0.15) is 0 Å². The van der Waals surface area contributed by atoms with Gasteiger partial charge in [0.25, 0.3) is 0 Å². The zero-order valence-corrected chi connectivity index (χ0v) is 11.2. The maximum Gasteiger partial charge on any atom is 0.215 e. The lowest BCUT2D eigenvalue weighted by atomic mass is 10.4. The van der Waals surface area contributed by atoms with Crippen molar-refractivity contribution >= 4 is 33.1 Å². The Hall–Kier alpha value is -1.05. The number of halogens is 1. The van der Waals surface area contributed by atoms with Crippen LogP contribution in [0.25, 0.3) is 0 Å². The normalized spacial score (nSPS) is 11.8. The predicted molar refractivity (Wildman–Crippen MR) is 69.6 cm³/mol. The molecule has 0 fully saturated rings. The summed E-state index contributed by atoms with van der Waals surface area (Å²) >= 11 is 5.88. The summed E-state index contributed by atoms with van der Waals surface area (Å²) in [6.45, 7) is 0.233. The monoisotopic (exact) mass is 278 g/mol. The molecule has 0 unspecified atom stereocenters. The van der Waals surface area contributed by atoms with E-state index in [-0.39, 0.29) is 12.3 Å². The van der Waals surface area contributed by atoms with E-state index in [0.29, 0.717) is 16.5 Å². The standard InChI is InChI=1S/C9H15ClN4O2S/c1-14(2)17(15,16)4-3-12-9-8(10)5-7(11)6-13-9/h5-6H,3-4,11H2,1-2H3,(H,12,13). The van der Waals surface area contributed by atoms with Crippen LogP contribution in [0.5, 0.6) is 0 Å². The molecule has 0 radical (unpaired) electrons. The van der Waals surface area contributed by atoms with Crippen LogP contribution < -0.4 is 11.1 Å². The summed E-state index contributed by atoms with van der Waals surface area (Å²) in [7, 11) is -0.234. The Balaban J connectivity index is 2.58. The van der Waals surface area contributed by atoms with Gasteiger partial charge >= 0.3 is 0 Å². The van der Waals surface area contributed by atoms with Crippen LogP contribution in [0.3, 0.4) is 0 Å². The fraction of sp³-hybridized carbons (Fsp3) is 0.444. The van der Waals surface area contributed by atoms with E-state index in [0.717, 1.165) is 0 Å². The van der Waals surface area contributed by atoms with Gasteiger partial charge in [-0.1, -0.05) is 11.6 Å². The van der Waals surface area contributed by atoms with Crippen LogP contribution in [0, 0.1) is 0 Å². The molecule has 0 bridgehead atoms. The smallest absolute Gasteiger partial charge is 0.215 e. The van der Waals surface area contributed by atoms with Gasteiger partial charge in [0.05, 0.1) is 22.7 Å². The second kappa shape index (κ2) is 5.52. The molecule has 6 nitrogen and oxygen atoms in total. The van der Waals surface area contributed by atoms with Gasteiger partial charge in [-0.15, -0.1) is 0 Å². The average Bonchev–Trinajstić information content (AvgIpc) is 2.21. The Bertz CT molecular complexity index is 490. The van der Waals surface area contributed by atoms with Crippen molar-refractivity contribution in [2.45, 2.75) is 0 Å². The van der Waals surface area contributed by atoms with Crippen molar-refractivity contribution in [1.82, 2.24) is 9.29 Å². The van der Waals surface area contributed by atoms with Gasteiger partial charge in [-0.3, -0.25) is 0 Å². The predicted octanol–water partition coefficient (Wildman–Crippen LogP) is 0.621. The Morgan fingerprint density at radius 3 is 2.71 bits per heavy atom. The Labute approximate surface area is 106 Å². The Morgan fingerprint density at radius 1 is 1.53 bits per heavy atom. The topological polar surface area (TPSA) is 88.3 Å². The van der Waals surface area contributed by atoms with Crippen molar-refractivity contribution in [3.05, 3.63) is 17.3 Å². The summed E-state index contributed by atoms with van der Waals surface area (Å²) in [5.41, 5.74) is 5.95. The number of nitrogens with two attached hydrogens (primary N) is 1. The number of sulfonamides is 1. The molecular formula is C9H15ClN4O2S. The van der Waals surface area contributed by atoms with E-state index >= 15 is 0 Å². The average molecular weight is 279 g/mol. The highest BCUT2D eigenvalue weighted by atomic mass is 35.5. The van der Waals surface area contributed by atoms with Crippen molar-refractivity contribution in [2.75, 3.05) is 37.4 Å². The molecule has 1 rings (SSSR count). The zero-order valence-electron chi connectivity index (χ0n) is 9.64. The molecule has 0 aromatic carbocycles. The van der Waals surface area contributed by atoms with E-state index in [4.69, 9.17) is 17.3 Å². The molecule has 0 amide bonds. The van der Waals surface area contributed by atoms with Gasteiger partial charge < -0.3 is 11.1 Å². The number of nitrogens with zero attached hydrogens (tertiary/aromatic N) is 2. The van der Waals surface area contributed by atoms with E-state index < -0.39 is 10.0 Å². The van der Waals surface area contributed by atoms with Gasteiger partial charge in [0.2, 0.25) is 10.0 Å². The molecule has 0 aliphatic heterocycles. The van der Waals surface area contributed by atoms with Crippen molar-refractivity contribution in [2.24, 2.45) is 0 Å². The summed E-state index contributed by atoms with van der Waals surface area (Å²) in [4.78, 5) is 3.97. The van der Waals surface area contributed by atoms with Crippen LogP contribution in [0.4, 0.5) is 11.5 Å². The quantitative estimate of drug-likeness (QED) is 0.824. The second-order valence-electron chi connectivity index (χ2n) is 3.62. The van der Waals surface area contributed by atoms with Crippen molar-refractivity contribution in [3.8, 4) is 0 Å². The molecule has 0 spiro atoms. The molecule has 0 aliphatic carbocycles. The first-order chi connectivity index (χ1) is 7.83. The van der Waals surface area contributed by atoms with E-state index in [1.54, 1.807) is 6.07 Å². The van der Waals surface area contributed by atoms with Gasteiger partial charge in [0, 0.05) is 20.6 Å². The van der Waals surface area contributed by atoms with E-state index in [1.165, 1.54) is 24.6 Å². The molecule has 3 N–H and O–H groups in total. The Morgan fingerprint density at radius 2 is 2.18 bits per heavy atom. The molecule has 1 aromatic rings. The fourth-order valence-electron chi connectivity index (χ4n) is 1.06. The van der Waals surface area contributed by atoms with Gasteiger partial charge in [-0.25, -0.2) is 17.7 Å². The van der Waals surface area contributed by atoms with E-state index in [9.17, 15) is 8.42 Å². The van der Waals surface area contributed by atoms with E-state index in [2.05, 4.69) is 10.3 Å². The Kier molecular flexibility index (Phi) is 4.55. The zero-order chi connectivity index (χ0) is 13.1. The molecule has 17 heavy (non-hydrogen) atoms. The summed E-state index contributed by atoms with van der Waals surface area (Å²) in [5.74, 6) is 0.400. The second-order valence-corrected chi connectivity index (χ2v) is 6.33. The van der Waals surface area contributed by atoms with Gasteiger partial charge in [0.15, 0.2) is 0 Å². The van der Waals surface area contributed by atoms with Gasteiger partial charge in [-0.05, 0) is 6.07 Å². The maximum atomic E-state index is 11.5. The van der Waals surface area contributed by atoms with Crippen molar-refractivity contribution in [1.29, 1.82) is 0 Å². The third kappa shape index (κ3) is 4.03. The molecule has 8 heteroatoms. The maximum absolute atomic E-state index is 11.5. The number of hydrogen-bond donors (Lipinski definition) is 2. The molecule has 1 aromatic heterocycles. The number of aromatic nitrogens is 1. The van der Waals surface area contributed by atoms with Crippen LogP contribution in [-0.4, -0.2) is 44.1 Å². The fourth-order valence-corrected chi connectivity index (χ4v) is 2.03. The van der Waals surface area contributed by atoms with Crippen molar-refractivity contribution in [3.63, 3.8) is 0 Å². The molecular weight excluding hydrogens is 264 g/mol. The van der Waals surface area contributed by atoms with Crippen LogP contribution in [0.15, 0.2) is 12.3 Å². The highest BCUT2D eigenvalue weighted by molar-refractivity contribution is 7.89. The summed E-state index contributed by atoms with van der Waals surface area (Å²) in [5, 5.41) is 3.21. The number of nitrogen functional groups attached to an aromatic ring is 1. The minimum absolute atomic E-state index is 0.0254. The molecule has 96 valence electrons. The number of anilines is 2. The van der Waals surface area contributed by atoms with Crippen LogP contribution in [-0.2, 0) is 10.0 Å². The largest absolute Gasteiger partial charge is 0.397 e. The third-order valence-corrected chi connectivity index (χ3v) is 4.19. The molecule has 1 heterocycles. The SMILES string of the molecule is CN(C)S(=O)(=O)CCNc1ncc(N)cc1Cl. The molecule has 0 saturated heterocycles. The highest BCUT2D eigenvalue weighted by Crippen LogP contribution is 2.20. The van der Waals surface area contributed by atoms with E-state index in [1.807, 2.05) is 0 Å². The lowest BCUT2D eigenvalue weighted by Gasteiger charge is -2.12. The first kappa shape index (κ1) is 14.0. The van der Waals surface area contributed by atoms with Crippen molar-refractivity contribution < 1.29 is 8.42 Å². The molecule has 0 saturated carbocycles.